The quantitative estimate of drug-likeness (QED) is 0.798. The SMILES string of the molecule is CC(=O)n1cc([C@@H]2CNCCN2)c2ccccc21. The lowest BCUT2D eigenvalue weighted by atomic mass is 10.0. The van der Waals surface area contributed by atoms with Gasteiger partial charge in [0.1, 0.15) is 0 Å². The van der Waals surface area contributed by atoms with Gasteiger partial charge in [-0.15, -0.1) is 0 Å². The first-order chi connectivity index (χ1) is 8.77. The average Bonchev–Trinajstić information content (AvgIpc) is 2.79. The molecule has 0 amide bonds. The van der Waals surface area contributed by atoms with Crippen molar-refractivity contribution in [3.05, 3.63) is 36.0 Å². The van der Waals surface area contributed by atoms with Gasteiger partial charge in [-0.1, -0.05) is 18.2 Å². The molecule has 2 heterocycles. The van der Waals surface area contributed by atoms with E-state index in [9.17, 15) is 4.79 Å². The van der Waals surface area contributed by atoms with E-state index in [1.54, 1.807) is 11.5 Å². The summed E-state index contributed by atoms with van der Waals surface area (Å²) >= 11 is 0. The van der Waals surface area contributed by atoms with Crippen LogP contribution in [0.5, 0.6) is 0 Å². The minimum absolute atomic E-state index is 0.0567. The van der Waals surface area contributed by atoms with E-state index in [0.29, 0.717) is 0 Å². The Labute approximate surface area is 106 Å². The molecule has 1 saturated heterocycles. The Morgan fingerprint density at radius 2 is 2.17 bits per heavy atom. The average molecular weight is 243 g/mol. The predicted molar refractivity (Wildman–Crippen MR) is 71.9 cm³/mol. The van der Waals surface area contributed by atoms with Crippen molar-refractivity contribution in [1.82, 2.24) is 15.2 Å². The largest absolute Gasteiger partial charge is 0.314 e. The second-order valence-corrected chi connectivity index (χ2v) is 4.70. The van der Waals surface area contributed by atoms with Crippen molar-refractivity contribution < 1.29 is 4.79 Å². The van der Waals surface area contributed by atoms with Crippen molar-refractivity contribution in [3.63, 3.8) is 0 Å². The number of nitrogens with zero attached hydrogens (tertiary/aromatic N) is 1. The van der Waals surface area contributed by atoms with Gasteiger partial charge in [0.05, 0.1) is 5.52 Å². The van der Waals surface area contributed by atoms with Crippen LogP contribution in [0.25, 0.3) is 10.9 Å². The normalized spacial score (nSPS) is 20.2. The zero-order chi connectivity index (χ0) is 12.5. The number of fused-ring (bicyclic) bond motifs is 1. The van der Waals surface area contributed by atoms with Crippen LogP contribution in [0.1, 0.15) is 23.3 Å². The second-order valence-electron chi connectivity index (χ2n) is 4.70. The van der Waals surface area contributed by atoms with Gasteiger partial charge in [-0.3, -0.25) is 9.36 Å². The van der Waals surface area contributed by atoms with Crippen LogP contribution in [0.3, 0.4) is 0 Å². The number of hydrogen-bond donors (Lipinski definition) is 2. The number of hydrogen-bond acceptors (Lipinski definition) is 3. The first kappa shape index (κ1) is 11.4. The minimum Gasteiger partial charge on any atom is -0.314 e. The smallest absolute Gasteiger partial charge is 0.227 e. The van der Waals surface area contributed by atoms with Crippen LogP contribution in [-0.4, -0.2) is 30.1 Å². The highest BCUT2D eigenvalue weighted by molar-refractivity contribution is 5.93. The number of benzene rings is 1. The van der Waals surface area contributed by atoms with Crippen molar-refractivity contribution in [2.45, 2.75) is 13.0 Å². The van der Waals surface area contributed by atoms with Crippen molar-refractivity contribution in [2.24, 2.45) is 0 Å². The Kier molecular flexibility index (Phi) is 2.89. The van der Waals surface area contributed by atoms with Crippen molar-refractivity contribution in [2.75, 3.05) is 19.6 Å². The third kappa shape index (κ3) is 1.83. The van der Waals surface area contributed by atoms with Gasteiger partial charge < -0.3 is 10.6 Å². The van der Waals surface area contributed by atoms with E-state index in [-0.39, 0.29) is 11.9 Å². The minimum atomic E-state index is 0.0567. The fourth-order valence-corrected chi connectivity index (χ4v) is 2.62. The Morgan fingerprint density at radius 1 is 1.33 bits per heavy atom. The van der Waals surface area contributed by atoms with Crippen LogP contribution in [0.15, 0.2) is 30.5 Å². The zero-order valence-corrected chi connectivity index (χ0v) is 10.4. The van der Waals surface area contributed by atoms with Gasteiger partial charge in [0.25, 0.3) is 0 Å². The van der Waals surface area contributed by atoms with Crippen LogP contribution in [0.2, 0.25) is 0 Å². The molecule has 4 nitrogen and oxygen atoms in total. The van der Waals surface area contributed by atoms with Crippen molar-refractivity contribution >= 4 is 16.8 Å². The summed E-state index contributed by atoms with van der Waals surface area (Å²) in [6, 6.07) is 8.35. The highest BCUT2D eigenvalue weighted by Gasteiger charge is 2.20. The van der Waals surface area contributed by atoms with Crippen molar-refractivity contribution in [1.29, 1.82) is 0 Å². The summed E-state index contributed by atoms with van der Waals surface area (Å²) in [5.41, 5.74) is 2.19. The number of rotatable bonds is 1. The molecule has 2 N–H and O–H groups in total. The molecule has 1 fully saturated rings. The van der Waals surface area contributed by atoms with E-state index in [1.807, 2.05) is 24.4 Å². The number of piperazine rings is 1. The Hall–Kier alpha value is -1.65. The lowest BCUT2D eigenvalue weighted by molar-refractivity contribution is 0.0941. The van der Waals surface area contributed by atoms with Crippen LogP contribution in [0.4, 0.5) is 0 Å². The molecule has 2 aromatic rings. The summed E-state index contributed by atoms with van der Waals surface area (Å²) in [7, 11) is 0. The van der Waals surface area contributed by atoms with Gasteiger partial charge in [0, 0.05) is 44.2 Å². The molecular weight excluding hydrogens is 226 g/mol. The third-order valence-electron chi connectivity index (χ3n) is 3.50. The number of para-hydroxylation sites is 1. The maximum Gasteiger partial charge on any atom is 0.227 e. The molecule has 0 radical (unpaired) electrons. The molecule has 1 aliphatic rings. The predicted octanol–water partition coefficient (Wildman–Crippen LogP) is 1.54. The summed E-state index contributed by atoms with van der Waals surface area (Å²) in [4.78, 5) is 11.7. The fourth-order valence-electron chi connectivity index (χ4n) is 2.62. The molecule has 18 heavy (non-hydrogen) atoms. The van der Waals surface area contributed by atoms with Gasteiger partial charge in [-0.25, -0.2) is 0 Å². The molecule has 4 heteroatoms. The van der Waals surface area contributed by atoms with E-state index < -0.39 is 0 Å². The Morgan fingerprint density at radius 3 is 2.89 bits per heavy atom. The Balaban J connectivity index is 2.13. The number of aromatic nitrogens is 1. The number of nitrogens with one attached hydrogen (secondary N) is 2. The molecule has 1 aliphatic heterocycles. The summed E-state index contributed by atoms with van der Waals surface area (Å²) in [5, 5.41) is 8.03. The van der Waals surface area contributed by atoms with Crippen LogP contribution in [-0.2, 0) is 0 Å². The fraction of sp³-hybridized carbons (Fsp3) is 0.357. The molecule has 0 aliphatic carbocycles. The van der Waals surface area contributed by atoms with E-state index >= 15 is 0 Å². The second kappa shape index (κ2) is 4.55. The van der Waals surface area contributed by atoms with Gasteiger partial charge in [-0.05, 0) is 11.6 Å². The lowest BCUT2D eigenvalue weighted by Crippen LogP contribution is -2.42. The van der Waals surface area contributed by atoms with Crippen molar-refractivity contribution in [3.8, 4) is 0 Å². The summed E-state index contributed by atoms with van der Waals surface area (Å²) in [6.07, 6.45) is 1.97. The topological polar surface area (TPSA) is 46.1 Å². The summed E-state index contributed by atoms with van der Waals surface area (Å²) in [6.45, 7) is 4.47. The van der Waals surface area contributed by atoms with E-state index in [2.05, 4.69) is 16.7 Å². The van der Waals surface area contributed by atoms with E-state index in [4.69, 9.17) is 0 Å². The molecule has 94 valence electrons. The standard InChI is InChI=1S/C14H17N3O/c1-10(18)17-9-12(13-8-15-6-7-16-13)11-4-2-3-5-14(11)17/h2-5,9,13,15-16H,6-8H2,1H3/t13-/m0/s1. The number of carbonyl (C=O) groups is 1. The van der Waals surface area contributed by atoms with Crippen LogP contribution < -0.4 is 10.6 Å². The summed E-state index contributed by atoms with van der Waals surface area (Å²) < 4.78 is 1.74. The maximum atomic E-state index is 11.7. The molecule has 0 spiro atoms. The molecule has 0 bridgehead atoms. The van der Waals surface area contributed by atoms with E-state index in [0.717, 1.165) is 30.5 Å². The highest BCUT2D eigenvalue weighted by Crippen LogP contribution is 2.26. The number of carbonyl (C=O) groups excluding carboxylic acids is 1. The van der Waals surface area contributed by atoms with Gasteiger partial charge >= 0.3 is 0 Å². The van der Waals surface area contributed by atoms with Gasteiger partial charge in [0.15, 0.2) is 0 Å². The Bertz CT molecular complexity index is 582. The monoisotopic (exact) mass is 243 g/mol. The molecule has 1 aromatic heterocycles. The molecular formula is C14H17N3O. The van der Waals surface area contributed by atoms with Gasteiger partial charge in [-0.2, -0.15) is 0 Å². The van der Waals surface area contributed by atoms with E-state index in [1.165, 1.54) is 5.56 Å². The summed E-state index contributed by atoms with van der Waals surface area (Å²) in [5.74, 6) is 0.0567. The first-order valence-electron chi connectivity index (χ1n) is 6.32. The van der Waals surface area contributed by atoms with Crippen LogP contribution >= 0.6 is 0 Å². The first-order valence-corrected chi connectivity index (χ1v) is 6.32. The van der Waals surface area contributed by atoms with Gasteiger partial charge in [0.2, 0.25) is 5.91 Å². The molecule has 1 atom stereocenters. The molecule has 0 saturated carbocycles. The molecule has 0 unspecified atom stereocenters. The zero-order valence-electron chi connectivity index (χ0n) is 10.4. The molecule has 3 rings (SSSR count). The maximum absolute atomic E-state index is 11.7. The van der Waals surface area contributed by atoms with Crippen LogP contribution in [0, 0.1) is 0 Å². The lowest BCUT2D eigenvalue weighted by Gasteiger charge is -2.24. The third-order valence-corrected chi connectivity index (χ3v) is 3.50. The molecule has 1 aromatic carbocycles. The highest BCUT2D eigenvalue weighted by atomic mass is 16.1.